The molecular weight excluding hydrogens is 293 g/mol. The number of alkyl halides is 3. The molecule has 0 heterocycles. The lowest BCUT2D eigenvalue weighted by Crippen LogP contribution is -2.19. The summed E-state index contributed by atoms with van der Waals surface area (Å²) in [5.41, 5.74) is 1.75. The number of hydrogen-bond donors (Lipinski definition) is 1. The SMILES string of the molecule is N#Cc1cc(NCc2ccccc2)ccc1OCC(F)(F)F. The quantitative estimate of drug-likeness (QED) is 0.904. The molecule has 0 aliphatic rings. The van der Waals surface area contributed by atoms with Gasteiger partial charge in [0.15, 0.2) is 6.61 Å². The Morgan fingerprint density at radius 2 is 1.82 bits per heavy atom. The van der Waals surface area contributed by atoms with Gasteiger partial charge in [0.05, 0.1) is 5.56 Å². The zero-order valence-electron chi connectivity index (χ0n) is 11.5. The van der Waals surface area contributed by atoms with E-state index in [9.17, 15) is 13.2 Å². The molecule has 0 aliphatic heterocycles. The molecule has 0 bridgehead atoms. The van der Waals surface area contributed by atoms with Crippen molar-refractivity contribution >= 4 is 5.69 Å². The van der Waals surface area contributed by atoms with E-state index in [2.05, 4.69) is 10.1 Å². The van der Waals surface area contributed by atoms with Crippen LogP contribution in [0.1, 0.15) is 11.1 Å². The molecule has 1 N–H and O–H groups in total. The summed E-state index contributed by atoms with van der Waals surface area (Å²) in [6.45, 7) is -0.868. The third-order valence-corrected chi connectivity index (χ3v) is 2.83. The fourth-order valence-electron chi connectivity index (χ4n) is 1.81. The van der Waals surface area contributed by atoms with E-state index >= 15 is 0 Å². The summed E-state index contributed by atoms with van der Waals surface area (Å²) in [7, 11) is 0. The molecule has 114 valence electrons. The second-order valence-electron chi connectivity index (χ2n) is 4.57. The number of nitrogens with one attached hydrogen (secondary N) is 1. The number of benzene rings is 2. The van der Waals surface area contributed by atoms with Crippen LogP contribution in [0.25, 0.3) is 0 Å². The van der Waals surface area contributed by atoms with Crippen molar-refractivity contribution in [3.8, 4) is 11.8 Å². The number of nitrogens with zero attached hydrogens (tertiary/aromatic N) is 1. The molecule has 2 rings (SSSR count). The molecule has 6 heteroatoms. The Hall–Kier alpha value is -2.68. The topological polar surface area (TPSA) is 45.0 Å². The summed E-state index contributed by atoms with van der Waals surface area (Å²) in [5, 5.41) is 12.1. The van der Waals surface area contributed by atoms with Gasteiger partial charge in [-0.2, -0.15) is 18.4 Å². The van der Waals surface area contributed by atoms with Crippen molar-refractivity contribution < 1.29 is 17.9 Å². The van der Waals surface area contributed by atoms with Crippen molar-refractivity contribution in [2.75, 3.05) is 11.9 Å². The monoisotopic (exact) mass is 306 g/mol. The zero-order valence-corrected chi connectivity index (χ0v) is 11.5. The highest BCUT2D eigenvalue weighted by Crippen LogP contribution is 2.25. The molecule has 0 saturated heterocycles. The summed E-state index contributed by atoms with van der Waals surface area (Å²) in [6, 6.07) is 15.9. The van der Waals surface area contributed by atoms with Gasteiger partial charge in [-0.15, -0.1) is 0 Å². The smallest absolute Gasteiger partial charge is 0.422 e. The highest BCUT2D eigenvalue weighted by atomic mass is 19.4. The number of rotatable bonds is 5. The van der Waals surface area contributed by atoms with Gasteiger partial charge in [-0.1, -0.05) is 30.3 Å². The highest BCUT2D eigenvalue weighted by Gasteiger charge is 2.28. The van der Waals surface area contributed by atoms with Crippen LogP contribution in [-0.2, 0) is 6.54 Å². The summed E-state index contributed by atoms with van der Waals surface area (Å²) in [5.74, 6) is -0.0786. The standard InChI is InChI=1S/C16H13F3N2O/c17-16(18,19)11-22-15-7-6-14(8-13(15)9-20)21-10-12-4-2-1-3-5-12/h1-8,21H,10-11H2. The molecule has 0 fully saturated rings. The molecule has 2 aromatic carbocycles. The van der Waals surface area contributed by atoms with E-state index in [4.69, 9.17) is 5.26 Å². The normalized spacial score (nSPS) is 10.8. The third-order valence-electron chi connectivity index (χ3n) is 2.83. The average molecular weight is 306 g/mol. The molecule has 22 heavy (non-hydrogen) atoms. The largest absolute Gasteiger partial charge is 0.483 e. The van der Waals surface area contributed by atoms with Crippen molar-refractivity contribution in [3.63, 3.8) is 0 Å². The lowest BCUT2D eigenvalue weighted by atomic mass is 10.1. The van der Waals surface area contributed by atoms with E-state index < -0.39 is 12.8 Å². The van der Waals surface area contributed by atoms with Gasteiger partial charge in [0.1, 0.15) is 11.8 Å². The van der Waals surface area contributed by atoms with Crippen LogP contribution < -0.4 is 10.1 Å². The van der Waals surface area contributed by atoms with Crippen molar-refractivity contribution in [2.45, 2.75) is 12.7 Å². The Morgan fingerprint density at radius 1 is 1.09 bits per heavy atom. The molecule has 0 unspecified atom stereocenters. The molecular formula is C16H13F3N2O. The molecule has 0 atom stereocenters. The first-order valence-corrected chi connectivity index (χ1v) is 6.49. The molecule has 3 nitrogen and oxygen atoms in total. The van der Waals surface area contributed by atoms with Gasteiger partial charge < -0.3 is 10.1 Å². The highest BCUT2D eigenvalue weighted by molar-refractivity contribution is 5.55. The van der Waals surface area contributed by atoms with Gasteiger partial charge in [-0.25, -0.2) is 0 Å². The van der Waals surface area contributed by atoms with Gasteiger partial charge in [0, 0.05) is 12.2 Å². The van der Waals surface area contributed by atoms with Gasteiger partial charge >= 0.3 is 6.18 Å². The van der Waals surface area contributed by atoms with Crippen LogP contribution in [0, 0.1) is 11.3 Å². The minimum absolute atomic E-state index is 0.0577. The van der Waals surface area contributed by atoms with Gasteiger partial charge in [-0.05, 0) is 23.8 Å². The fourth-order valence-corrected chi connectivity index (χ4v) is 1.81. The van der Waals surface area contributed by atoms with Crippen LogP contribution in [0.5, 0.6) is 5.75 Å². The first-order chi connectivity index (χ1) is 10.5. The maximum atomic E-state index is 12.1. The number of halogens is 3. The second kappa shape index (κ2) is 6.85. The van der Waals surface area contributed by atoms with Crippen LogP contribution in [0.15, 0.2) is 48.5 Å². The zero-order chi connectivity index (χ0) is 16.0. The third kappa shape index (κ3) is 4.70. The Labute approximate surface area is 126 Å². The molecule has 0 amide bonds. The first-order valence-electron chi connectivity index (χ1n) is 6.49. The predicted molar refractivity (Wildman–Crippen MR) is 76.5 cm³/mol. The van der Waals surface area contributed by atoms with Crippen molar-refractivity contribution in [2.24, 2.45) is 0 Å². The number of nitriles is 1. The molecule has 0 radical (unpaired) electrons. The Balaban J connectivity index is 2.04. The van der Waals surface area contributed by atoms with Crippen molar-refractivity contribution in [1.82, 2.24) is 0 Å². The minimum Gasteiger partial charge on any atom is -0.483 e. The number of anilines is 1. The number of ether oxygens (including phenoxy) is 1. The Morgan fingerprint density at radius 3 is 2.45 bits per heavy atom. The minimum atomic E-state index is -4.43. The summed E-state index contributed by atoms with van der Waals surface area (Å²) >= 11 is 0. The Bertz CT molecular complexity index is 663. The fraction of sp³-hybridized carbons (Fsp3) is 0.188. The van der Waals surface area contributed by atoms with E-state index in [-0.39, 0.29) is 11.3 Å². The summed E-state index contributed by atoms with van der Waals surface area (Å²) < 4.78 is 41.1. The molecule has 0 aliphatic carbocycles. The van der Waals surface area contributed by atoms with Crippen molar-refractivity contribution in [1.29, 1.82) is 5.26 Å². The second-order valence-corrected chi connectivity index (χ2v) is 4.57. The van der Waals surface area contributed by atoms with Gasteiger partial charge in [-0.3, -0.25) is 0 Å². The Kier molecular flexibility index (Phi) is 4.89. The van der Waals surface area contributed by atoms with Gasteiger partial charge in [0.2, 0.25) is 0 Å². The van der Waals surface area contributed by atoms with Crippen LogP contribution in [0.2, 0.25) is 0 Å². The van der Waals surface area contributed by atoms with Crippen LogP contribution in [0.3, 0.4) is 0 Å². The molecule has 0 spiro atoms. The maximum Gasteiger partial charge on any atom is 0.422 e. The van der Waals surface area contributed by atoms with E-state index in [0.29, 0.717) is 12.2 Å². The van der Waals surface area contributed by atoms with Crippen LogP contribution in [0.4, 0.5) is 18.9 Å². The average Bonchev–Trinajstić information content (AvgIpc) is 2.51. The van der Waals surface area contributed by atoms with E-state index in [1.54, 1.807) is 6.07 Å². The summed E-state index contributed by atoms with van der Waals surface area (Å²) in [6.07, 6.45) is -4.43. The maximum absolute atomic E-state index is 12.1. The summed E-state index contributed by atoms with van der Waals surface area (Å²) in [4.78, 5) is 0. The predicted octanol–water partition coefficient (Wildman–Crippen LogP) is 4.11. The van der Waals surface area contributed by atoms with E-state index in [1.807, 2.05) is 36.4 Å². The van der Waals surface area contributed by atoms with Crippen molar-refractivity contribution in [3.05, 3.63) is 59.7 Å². The first kappa shape index (κ1) is 15.7. The lowest BCUT2D eigenvalue weighted by Gasteiger charge is -2.12. The van der Waals surface area contributed by atoms with E-state index in [1.165, 1.54) is 12.1 Å². The lowest BCUT2D eigenvalue weighted by molar-refractivity contribution is -0.153. The number of hydrogen-bond acceptors (Lipinski definition) is 3. The molecule has 2 aromatic rings. The van der Waals surface area contributed by atoms with Gasteiger partial charge in [0.25, 0.3) is 0 Å². The van der Waals surface area contributed by atoms with E-state index in [0.717, 1.165) is 5.56 Å². The van der Waals surface area contributed by atoms with Crippen LogP contribution >= 0.6 is 0 Å². The molecule has 0 saturated carbocycles. The molecule has 0 aromatic heterocycles. The van der Waals surface area contributed by atoms with Crippen LogP contribution in [-0.4, -0.2) is 12.8 Å².